The molecular formula is C11H18Br2O. The van der Waals surface area contributed by atoms with Crippen LogP contribution in [0.1, 0.15) is 40.0 Å². The summed E-state index contributed by atoms with van der Waals surface area (Å²) in [6.45, 7) is 6.73. The molecule has 1 rings (SSSR count). The van der Waals surface area contributed by atoms with E-state index in [1.165, 1.54) is 12.8 Å². The highest BCUT2D eigenvalue weighted by molar-refractivity contribution is 9.28. The highest BCUT2D eigenvalue weighted by Gasteiger charge is 2.30. The Kier molecular flexibility index (Phi) is 4.66. The minimum atomic E-state index is 0.255. The second kappa shape index (κ2) is 5.13. The van der Waals surface area contributed by atoms with Crippen LogP contribution < -0.4 is 0 Å². The molecule has 0 unspecified atom stereocenters. The predicted molar refractivity (Wildman–Crippen MR) is 67.9 cm³/mol. The summed E-state index contributed by atoms with van der Waals surface area (Å²) in [5, 5.41) is 0. The molecule has 0 aromatic carbocycles. The Morgan fingerprint density at radius 3 is 2.43 bits per heavy atom. The summed E-state index contributed by atoms with van der Waals surface area (Å²) < 4.78 is 7.02. The Morgan fingerprint density at radius 1 is 1.29 bits per heavy atom. The van der Waals surface area contributed by atoms with E-state index in [1.807, 2.05) is 0 Å². The van der Waals surface area contributed by atoms with Gasteiger partial charge in [0.2, 0.25) is 0 Å². The van der Waals surface area contributed by atoms with E-state index in [0.717, 1.165) is 9.81 Å². The van der Waals surface area contributed by atoms with Gasteiger partial charge in [-0.2, -0.15) is 0 Å². The molecule has 14 heavy (non-hydrogen) atoms. The highest BCUT2D eigenvalue weighted by atomic mass is 79.9. The fourth-order valence-corrected chi connectivity index (χ4v) is 2.34. The maximum absolute atomic E-state index is 6.03. The van der Waals surface area contributed by atoms with Gasteiger partial charge in [-0.15, -0.1) is 0 Å². The Bertz CT molecular complexity index is 214. The van der Waals surface area contributed by atoms with E-state index in [0.29, 0.717) is 6.10 Å². The van der Waals surface area contributed by atoms with Crippen molar-refractivity contribution in [3.63, 3.8) is 0 Å². The molecule has 0 N–H and O–H groups in total. The van der Waals surface area contributed by atoms with Gasteiger partial charge in [0.15, 0.2) is 0 Å². The van der Waals surface area contributed by atoms with Gasteiger partial charge in [-0.3, -0.25) is 0 Å². The first kappa shape index (κ1) is 12.7. The van der Waals surface area contributed by atoms with E-state index in [-0.39, 0.29) is 11.5 Å². The van der Waals surface area contributed by atoms with Crippen molar-refractivity contribution in [2.75, 3.05) is 0 Å². The van der Waals surface area contributed by atoms with Gasteiger partial charge in [0.25, 0.3) is 0 Å². The van der Waals surface area contributed by atoms with Gasteiger partial charge < -0.3 is 4.74 Å². The maximum atomic E-state index is 6.03. The summed E-state index contributed by atoms with van der Waals surface area (Å²) in [4.78, 5) is 0. The van der Waals surface area contributed by atoms with Crippen LogP contribution in [0.3, 0.4) is 0 Å². The van der Waals surface area contributed by atoms with Crippen LogP contribution in [-0.4, -0.2) is 12.2 Å². The molecule has 1 aliphatic heterocycles. The number of hydrogen-bond acceptors (Lipinski definition) is 1. The van der Waals surface area contributed by atoms with Crippen molar-refractivity contribution >= 4 is 31.9 Å². The third-order valence-corrected chi connectivity index (χ3v) is 3.10. The van der Waals surface area contributed by atoms with Gasteiger partial charge in [0.1, 0.15) is 0 Å². The zero-order valence-electron chi connectivity index (χ0n) is 9.02. The van der Waals surface area contributed by atoms with E-state index in [9.17, 15) is 0 Å². The van der Waals surface area contributed by atoms with Crippen molar-refractivity contribution in [1.29, 1.82) is 0 Å². The lowest BCUT2D eigenvalue weighted by Gasteiger charge is -2.37. The molecule has 2 atom stereocenters. The largest absolute Gasteiger partial charge is 0.370 e. The first-order valence-corrected chi connectivity index (χ1v) is 6.66. The topological polar surface area (TPSA) is 9.23 Å². The van der Waals surface area contributed by atoms with Crippen molar-refractivity contribution in [2.45, 2.75) is 52.2 Å². The third kappa shape index (κ3) is 4.03. The fraction of sp³-hybridized carbons (Fsp3) is 0.818. The molecule has 0 aliphatic carbocycles. The van der Waals surface area contributed by atoms with Crippen LogP contribution in [0.25, 0.3) is 0 Å². The van der Waals surface area contributed by atoms with Crippen LogP contribution >= 0.6 is 31.9 Å². The zero-order valence-corrected chi connectivity index (χ0v) is 12.2. The molecule has 0 aromatic rings. The van der Waals surface area contributed by atoms with Gasteiger partial charge in [-0.1, -0.05) is 20.8 Å². The van der Waals surface area contributed by atoms with Crippen LogP contribution in [0.5, 0.6) is 0 Å². The van der Waals surface area contributed by atoms with E-state index in [2.05, 4.69) is 58.7 Å². The van der Waals surface area contributed by atoms with Crippen LogP contribution in [0.15, 0.2) is 9.47 Å². The van der Waals surface area contributed by atoms with Crippen molar-refractivity contribution in [3.05, 3.63) is 9.47 Å². The standard InChI is InChI=1S/C11H18Br2O/c1-11(2,3)9-6-4-5-8(14-9)7-10(12)13/h7-9H,4-6H2,1-3H3/t8-,9+/m0/s1. The van der Waals surface area contributed by atoms with Crippen molar-refractivity contribution in [1.82, 2.24) is 0 Å². The Labute approximate surface area is 104 Å². The fourth-order valence-electron chi connectivity index (χ4n) is 1.75. The molecule has 0 amide bonds. The molecule has 0 bridgehead atoms. The highest BCUT2D eigenvalue weighted by Crippen LogP contribution is 2.33. The molecule has 1 nitrogen and oxygen atoms in total. The summed E-state index contributed by atoms with van der Waals surface area (Å²) in [6.07, 6.45) is 6.33. The lowest BCUT2D eigenvalue weighted by atomic mass is 9.84. The number of halogens is 2. The first-order valence-electron chi connectivity index (χ1n) is 5.08. The molecule has 0 aromatic heterocycles. The van der Waals surface area contributed by atoms with Gasteiger partial charge in [0, 0.05) is 0 Å². The molecule has 3 heteroatoms. The Hall–Kier alpha value is 0.660. The molecule has 0 spiro atoms. The second-order valence-corrected chi connectivity index (χ2v) is 7.69. The van der Waals surface area contributed by atoms with Crippen LogP contribution in [-0.2, 0) is 4.74 Å². The lowest BCUT2D eigenvalue weighted by Crippen LogP contribution is -2.36. The Balaban J connectivity index is 2.57. The predicted octanol–water partition coefficient (Wildman–Crippen LogP) is 4.60. The summed E-state index contributed by atoms with van der Waals surface area (Å²) in [5.41, 5.74) is 0.255. The van der Waals surface area contributed by atoms with Crippen molar-refractivity contribution in [3.8, 4) is 0 Å². The molecule has 0 saturated carbocycles. The molecule has 1 fully saturated rings. The Morgan fingerprint density at radius 2 is 1.93 bits per heavy atom. The summed E-state index contributed by atoms with van der Waals surface area (Å²) in [7, 11) is 0. The molecule has 1 heterocycles. The molecular weight excluding hydrogens is 308 g/mol. The summed E-state index contributed by atoms with van der Waals surface area (Å²) >= 11 is 6.76. The lowest BCUT2D eigenvalue weighted by molar-refractivity contribution is -0.0790. The van der Waals surface area contributed by atoms with Gasteiger partial charge in [0.05, 0.1) is 15.6 Å². The molecule has 1 aliphatic rings. The molecule has 1 saturated heterocycles. The van der Waals surface area contributed by atoms with Gasteiger partial charge in [-0.25, -0.2) is 0 Å². The summed E-state index contributed by atoms with van der Waals surface area (Å²) in [6, 6.07) is 0. The zero-order chi connectivity index (χ0) is 10.8. The first-order chi connectivity index (χ1) is 6.39. The van der Waals surface area contributed by atoms with Crippen molar-refractivity contribution in [2.24, 2.45) is 5.41 Å². The molecule has 0 radical (unpaired) electrons. The second-order valence-electron chi connectivity index (χ2n) is 4.92. The normalized spacial score (nSPS) is 28.6. The average molecular weight is 326 g/mol. The summed E-state index contributed by atoms with van der Waals surface area (Å²) in [5.74, 6) is 0. The van der Waals surface area contributed by atoms with Crippen LogP contribution in [0.2, 0.25) is 0 Å². The monoisotopic (exact) mass is 324 g/mol. The molecule has 82 valence electrons. The SMILES string of the molecule is CC(C)(C)[C@H]1CCC[C@@H](C=C(Br)Br)O1. The average Bonchev–Trinajstić information content (AvgIpc) is 2.01. The van der Waals surface area contributed by atoms with Crippen molar-refractivity contribution < 1.29 is 4.74 Å². The number of rotatable bonds is 1. The van der Waals surface area contributed by atoms with Crippen LogP contribution in [0.4, 0.5) is 0 Å². The number of ether oxygens (including phenoxy) is 1. The van der Waals surface area contributed by atoms with Crippen LogP contribution in [0, 0.1) is 5.41 Å². The van der Waals surface area contributed by atoms with E-state index in [4.69, 9.17) is 4.74 Å². The minimum absolute atomic E-state index is 0.255. The third-order valence-electron chi connectivity index (χ3n) is 2.57. The minimum Gasteiger partial charge on any atom is -0.370 e. The van der Waals surface area contributed by atoms with Gasteiger partial charge in [-0.05, 0) is 62.6 Å². The van der Waals surface area contributed by atoms with E-state index >= 15 is 0 Å². The smallest absolute Gasteiger partial charge is 0.0778 e. The van der Waals surface area contributed by atoms with E-state index in [1.54, 1.807) is 0 Å². The maximum Gasteiger partial charge on any atom is 0.0778 e. The van der Waals surface area contributed by atoms with E-state index < -0.39 is 0 Å². The quantitative estimate of drug-likeness (QED) is 0.684. The van der Waals surface area contributed by atoms with Gasteiger partial charge >= 0.3 is 0 Å². The number of hydrogen-bond donors (Lipinski definition) is 0.